The van der Waals surface area contributed by atoms with Crippen LogP contribution in [0, 0.1) is 0 Å². The van der Waals surface area contributed by atoms with E-state index >= 15 is 0 Å². The lowest BCUT2D eigenvalue weighted by atomic mass is 10.1. The number of aliphatic hydroxyl groups is 4. The van der Waals surface area contributed by atoms with E-state index in [1.807, 2.05) is 0 Å². The summed E-state index contributed by atoms with van der Waals surface area (Å²) in [5.41, 5.74) is 0. The molecule has 4 N–H and O–H groups in total. The van der Waals surface area contributed by atoms with Crippen molar-refractivity contribution >= 4 is 0 Å². The monoisotopic (exact) mass is 554 g/mol. The fourth-order valence-electron chi connectivity index (χ4n) is 5.01. The maximum Gasteiger partial charge on any atom is 0.189 e. The van der Waals surface area contributed by atoms with E-state index in [-0.39, 0.29) is 13.2 Å². The molecule has 224 valence electrons. The van der Waals surface area contributed by atoms with Crippen LogP contribution in [-0.2, 0) is 42.6 Å². The molecule has 0 saturated carbocycles. The van der Waals surface area contributed by atoms with Gasteiger partial charge in [0.25, 0.3) is 0 Å². The van der Waals surface area contributed by atoms with Gasteiger partial charge in [-0.2, -0.15) is 0 Å². The van der Waals surface area contributed by atoms with E-state index in [0.717, 1.165) is 19.3 Å². The molecule has 3 aliphatic heterocycles. The number of unbranched alkanes of at least 4 members (excludes halogenated alkanes) is 5. The maximum absolute atomic E-state index is 11.0. The summed E-state index contributed by atoms with van der Waals surface area (Å²) >= 11 is 0. The van der Waals surface area contributed by atoms with E-state index in [9.17, 15) is 20.4 Å². The molecule has 0 unspecified atom stereocenters. The zero-order valence-corrected chi connectivity index (χ0v) is 22.8. The highest BCUT2D eigenvalue weighted by Gasteiger charge is 2.52. The van der Waals surface area contributed by atoms with Crippen molar-refractivity contribution in [3.05, 3.63) is 0 Å². The second-order valence-corrected chi connectivity index (χ2v) is 9.82. The molecule has 0 aromatic carbocycles. The van der Waals surface area contributed by atoms with Crippen LogP contribution < -0.4 is 0 Å². The predicted molar refractivity (Wildman–Crippen MR) is 130 cm³/mol. The molecule has 3 rings (SSSR count). The molecule has 3 fully saturated rings. The van der Waals surface area contributed by atoms with Crippen LogP contribution in [0.2, 0.25) is 0 Å². The van der Waals surface area contributed by atoms with E-state index in [0.29, 0.717) is 6.61 Å². The molecule has 0 amide bonds. The second-order valence-electron chi connectivity index (χ2n) is 9.82. The first-order valence-corrected chi connectivity index (χ1v) is 13.5. The molecule has 13 nitrogen and oxygen atoms in total. The lowest BCUT2D eigenvalue weighted by Crippen LogP contribution is -2.44. The predicted octanol–water partition coefficient (Wildman–Crippen LogP) is -0.351. The summed E-state index contributed by atoms with van der Waals surface area (Å²) in [6, 6.07) is 0. The van der Waals surface area contributed by atoms with Crippen LogP contribution in [0.5, 0.6) is 0 Å². The van der Waals surface area contributed by atoms with Crippen molar-refractivity contribution in [3.8, 4) is 0 Å². The van der Waals surface area contributed by atoms with Crippen LogP contribution in [0.3, 0.4) is 0 Å². The molecule has 13 heteroatoms. The average molecular weight is 555 g/mol. The first-order chi connectivity index (χ1) is 18.4. The van der Waals surface area contributed by atoms with Gasteiger partial charge in [0.1, 0.15) is 48.8 Å². The summed E-state index contributed by atoms with van der Waals surface area (Å²) in [4.78, 5) is 0. The minimum Gasteiger partial charge on any atom is -0.394 e. The Balaban J connectivity index is 1.60. The van der Waals surface area contributed by atoms with Gasteiger partial charge in [-0.15, -0.1) is 0 Å². The van der Waals surface area contributed by atoms with Gasteiger partial charge in [0, 0.05) is 27.9 Å². The van der Waals surface area contributed by atoms with Crippen LogP contribution in [0.4, 0.5) is 0 Å². The van der Waals surface area contributed by atoms with Crippen molar-refractivity contribution in [1.29, 1.82) is 0 Å². The summed E-state index contributed by atoms with van der Waals surface area (Å²) in [6.45, 7) is 2.03. The number of methoxy groups -OCH3 is 3. The Bertz CT molecular complexity index is 657. The van der Waals surface area contributed by atoms with Gasteiger partial charge in [0.15, 0.2) is 25.2 Å². The van der Waals surface area contributed by atoms with E-state index in [2.05, 4.69) is 6.92 Å². The van der Waals surface area contributed by atoms with Gasteiger partial charge < -0.3 is 63.1 Å². The van der Waals surface area contributed by atoms with Crippen LogP contribution >= 0.6 is 0 Å². The zero-order chi connectivity index (χ0) is 27.7. The summed E-state index contributed by atoms with van der Waals surface area (Å²) < 4.78 is 50.4. The van der Waals surface area contributed by atoms with Crippen LogP contribution in [0.1, 0.15) is 45.4 Å². The topological polar surface area (TPSA) is 164 Å². The quantitative estimate of drug-likeness (QED) is 0.173. The van der Waals surface area contributed by atoms with Crippen molar-refractivity contribution < 1.29 is 63.1 Å². The van der Waals surface area contributed by atoms with Crippen molar-refractivity contribution in [1.82, 2.24) is 0 Å². The number of hydrogen-bond donors (Lipinski definition) is 4. The van der Waals surface area contributed by atoms with Gasteiger partial charge in [-0.05, 0) is 6.42 Å². The molecular formula is C25H46O13. The van der Waals surface area contributed by atoms with Crippen LogP contribution in [0.25, 0.3) is 0 Å². The Hall–Kier alpha value is -0.520. The van der Waals surface area contributed by atoms with Gasteiger partial charge >= 0.3 is 0 Å². The third kappa shape index (κ3) is 7.81. The van der Waals surface area contributed by atoms with Crippen LogP contribution in [-0.4, -0.2) is 136 Å². The summed E-state index contributed by atoms with van der Waals surface area (Å²) in [7, 11) is 4.25. The van der Waals surface area contributed by atoms with Crippen LogP contribution in [0.15, 0.2) is 0 Å². The molecule has 0 aromatic rings. The molecule has 0 spiro atoms. The van der Waals surface area contributed by atoms with Gasteiger partial charge in [0.2, 0.25) is 0 Å². The van der Waals surface area contributed by atoms with E-state index < -0.39 is 74.0 Å². The summed E-state index contributed by atoms with van der Waals surface area (Å²) in [5, 5.41) is 41.7. The largest absolute Gasteiger partial charge is 0.394 e. The van der Waals surface area contributed by atoms with Gasteiger partial charge in [-0.3, -0.25) is 0 Å². The Morgan fingerprint density at radius 2 is 1.21 bits per heavy atom. The first-order valence-electron chi connectivity index (χ1n) is 13.5. The van der Waals surface area contributed by atoms with Gasteiger partial charge in [0.05, 0.1) is 13.2 Å². The molecule has 0 aromatic heterocycles. The Morgan fingerprint density at radius 1 is 0.605 bits per heavy atom. The minimum absolute atomic E-state index is 0.146. The molecule has 3 saturated heterocycles. The molecule has 0 radical (unpaired) electrons. The first kappa shape index (κ1) is 32.0. The summed E-state index contributed by atoms with van der Waals surface area (Å²) in [6.07, 6.45) is -5.35. The van der Waals surface area contributed by atoms with Crippen molar-refractivity contribution in [2.24, 2.45) is 0 Å². The highest BCUT2D eigenvalue weighted by Crippen LogP contribution is 2.33. The number of aliphatic hydroxyl groups excluding tert-OH is 4. The number of hydrogen-bond acceptors (Lipinski definition) is 13. The Morgan fingerprint density at radius 3 is 1.82 bits per heavy atom. The number of ether oxygens (including phenoxy) is 9. The molecule has 3 heterocycles. The average Bonchev–Trinajstić information content (AvgIpc) is 3.52. The highest BCUT2D eigenvalue weighted by atomic mass is 16.8. The second kappa shape index (κ2) is 16.1. The van der Waals surface area contributed by atoms with E-state index in [1.165, 1.54) is 40.6 Å². The third-order valence-electron chi connectivity index (χ3n) is 7.19. The standard InChI is InChI=1S/C25H46O13/c1-5-6-7-8-9-10-11-33-22-17(28)20(37-24-16(27)19(30-2)14(12-26)35-24)15(36-22)13-34-23-18(29)21(31-3)25(32-4)38-23/h14-29H,5-13H2,1-4H3/t14-,15-,16+,17+,18+,19-,20-,21+,22+,23+,24-,25+/m1/s1. The third-order valence-corrected chi connectivity index (χ3v) is 7.19. The molecule has 38 heavy (non-hydrogen) atoms. The fraction of sp³-hybridized carbons (Fsp3) is 1.00. The van der Waals surface area contributed by atoms with Gasteiger partial charge in [-0.25, -0.2) is 0 Å². The Labute approximate surface area is 224 Å². The molecular weight excluding hydrogens is 508 g/mol. The lowest BCUT2D eigenvalue weighted by molar-refractivity contribution is -0.240. The fourth-order valence-corrected chi connectivity index (χ4v) is 5.01. The van der Waals surface area contributed by atoms with Crippen molar-refractivity contribution in [3.63, 3.8) is 0 Å². The lowest BCUT2D eigenvalue weighted by Gasteiger charge is -2.26. The summed E-state index contributed by atoms with van der Waals surface area (Å²) in [5.74, 6) is 0. The number of rotatable bonds is 17. The molecule has 12 atom stereocenters. The van der Waals surface area contributed by atoms with E-state index in [1.54, 1.807) is 0 Å². The van der Waals surface area contributed by atoms with Gasteiger partial charge in [-0.1, -0.05) is 39.0 Å². The molecule has 3 aliphatic rings. The highest BCUT2D eigenvalue weighted by molar-refractivity contribution is 4.93. The van der Waals surface area contributed by atoms with E-state index in [4.69, 9.17) is 42.6 Å². The van der Waals surface area contributed by atoms with Crippen molar-refractivity contribution in [2.75, 3.05) is 41.2 Å². The minimum atomic E-state index is -1.22. The normalized spacial score (nSPS) is 41.4. The smallest absolute Gasteiger partial charge is 0.189 e. The molecule has 0 aliphatic carbocycles. The van der Waals surface area contributed by atoms with Crippen molar-refractivity contribution in [2.45, 2.75) is 119 Å². The Kier molecular flexibility index (Phi) is 13.5. The zero-order valence-electron chi connectivity index (χ0n) is 22.8. The molecule has 0 bridgehead atoms. The SMILES string of the molecule is CCCCCCCCO[C@H]1O[C@H](CO[C@H]2O[C@H](OC)[C@@H](OC)[C@@H]2O)[C@@H](O[C@H]2O[C@H](CO)[C@@H](OC)[C@@H]2O)[C@@H]1O. The maximum atomic E-state index is 11.0.